The van der Waals surface area contributed by atoms with E-state index < -0.39 is 18.0 Å². The minimum Gasteiger partial charge on any atom is -0.326 e. The van der Waals surface area contributed by atoms with Crippen molar-refractivity contribution in [1.82, 2.24) is 4.90 Å². The van der Waals surface area contributed by atoms with Gasteiger partial charge in [0.2, 0.25) is 5.91 Å². The van der Waals surface area contributed by atoms with Crippen LogP contribution in [0.3, 0.4) is 0 Å². The monoisotopic (exact) mass is 439 g/mol. The van der Waals surface area contributed by atoms with Gasteiger partial charge in [-0.15, -0.1) is 11.3 Å². The van der Waals surface area contributed by atoms with Gasteiger partial charge >= 0.3 is 6.03 Å². The van der Waals surface area contributed by atoms with Crippen molar-refractivity contribution < 1.29 is 14.4 Å². The van der Waals surface area contributed by atoms with Crippen LogP contribution in [0.25, 0.3) is 0 Å². The quantitative estimate of drug-likeness (QED) is 0.562. The van der Waals surface area contributed by atoms with Crippen molar-refractivity contribution in [2.75, 3.05) is 10.2 Å². The fraction of sp³-hybridized carbons (Fsp3) is 0.136. The van der Waals surface area contributed by atoms with E-state index in [1.165, 1.54) is 16.2 Å². The molecule has 0 radical (unpaired) electrons. The summed E-state index contributed by atoms with van der Waals surface area (Å²) in [4.78, 5) is 42.5. The van der Waals surface area contributed by atoms with Gasteiger partial charge < -0.3 is 10.2 Å². The third kappa shape index (κ3) is 4.22. The van der Waals surface area contributed by atoms with Crippen molar-refractivity contribution in [3.8, 4) is 0 Å². The Morgan fingerprint density at radius 3 is 2.53 bits per heavy atom. The van der Waals surface area contributed by atoms with Crippen LogP contribution in [0.2, 0.25) is 5.02 Å². The van der Waals surface area contributed by atoms with E-state index >= 15 is 0 Å². The molecule has 1 saturated heterocycles. The number of carbonyl (C=O) groups excluding carboxylic acids is 3. The SMILES string of the molecule is O=C(C[C@H]1C(=O)N(c2cccc(Cl)c2)C(=O)N1Cc1cccs1)Nc1ccccc1. The predicted octanol–water partition coefficient (Wildman–Crippen LogP) is 4.77. The third-order valence-electron chi connectivity index (χ3n) is 4.73. The van der Waals surface area contributed by atoms with Crippen molar-refractivity contribution in [2.24, 2.45) is 0 Å². The number of halogens is 1. The van der Waals surface area contributed by atoms with Crippen LogP contribution in [0.4, 0.5) is 16.2 Å². The number of para-hydroxylation sites is 1. The lowest BCUT2D eigenvalue weighted by molar-refractivity contribution is -0.124. The number of thiophene rings is 1. The lowest BCUT2D eigenvalue weighted by Gasteiger charge is -2.21. The number of amides is 4. The van der Waals surface area contributed by atoms with E-state index in [9.17, 15) is 14.4 Å². The van der Waals surface area contributed by atoms with E-state index in [-0.39, 0.29) is 18.9 Å². The molecule has 1 N–H and O–H groups in total. The van der Waals surface area contributed by atoms with Gasteiger partial charge in [0.05, 0.1) is 18.7 Å². The summed E-state index contributed by atoms with van der Waals surface area (Å²) in [6, 6.07) is 18.0. The molecule has 0 bridgehead atoms. The number of nitrogens with zero attached hydrogens (tertiary/aromatic N) is 2. The number of carbonyl (C=O) groups is 3. The molecule has 3 aromatic rings. The summed E-state index contributed by atoms with van der Waals surface area (Å²) in [7, 11) is 0. The zero-order valence-corrected chi connectivity index (χ0v) is 17.4. The Morgan fingerprint density at radius 2 is 1.83 bits per heavy atom. The largest absolute Gasteiger partial charge is 0.332 e. The lowest BCUT2D eigenvalue weighted by Crippen LogP contribution is -2.37. The first kappa shape index (κ1) is 20.1. The average molecular weight is 440 g/mol. The minimum absolute atomic E-state index is 0.137. The maximum Gasteiger partial charge on any atom is 0.332 e. The first-order chi connectivity index (χ1) is 14.5. The standard InChI is InChI=1S/C22H18ClN3O3S/c23-15-6-4-9-17(12-15)26-21(28)19(13-20(27)24-16-7-2-1-3-8-16)25(22(26)29)14-18-10-5-11-30-18/h1-12,19H,13-14H2,(H,24,27)/t19-/m0/s1. The molecule has 1 aliphatic rings. The summed E-state index contributed by atoms with van der Waals surface area (Å²) in [5, 5.41) is 5.11. The van der Waals surface area contributed by atoms with Crippen molar-refractivity contribution in [3.05, 3.63) is 82.0 Å². The van der Waals surface area contributed by atoms with Gasteiger partial charge in [-0.2, -0.15) is 0 Å². The highest BCUT2D eigenvalue weighted by molar-refractivity contribution is 7.09. The minimum atomic E-state index is -0.901. The van der Waals surface area contributed by atoms with Gasteiger partial charge in [0.25, 0.3) is 5.91 Å². The van der Waals surface area contributed by atoms with Crippen LogP contribution in [0.1, 0.15) is 11.3 Å². The van der Waals surface area contributed by atoms with Gasteiger partial charge in [-0.1, -0.05) is 41.9 Å². The second-order valence-corrected chi connectivity index (χ2v) is 8.25. The number of benzene rings is 2. The van der Waals surface area contributed by atoms with Gasteiger partial charge in [-0.25, -0.2) is 9.69 Å². The predicted molar refractivity (Wildman–Crippen MR) is 118 cm³/mol. The first-order valence-corrected chi connectivity index (χ1v) is 10.6. The van der Waals surface area contributed by atoms with E-state index in [1.807, 2.05) is 35.7 Å². The topological polar surface area (TPSA) is 69.7 Å². The van der Waals surface area contributed by atoms with Crippen LogP contribution in [-0.2, 0) is 16.1 Å². The number of anilines is 2. The Bertz CT molecular complexity index is 1070. The van der Waals surface area contributed by atoms with Gasteiger partial charge in [0, 0.05) is 15.6 Å². The van der Waals surface area contributed by atoms with Crippen molar-refractivity contribution >= 4 is 52.2 Å². The van der Waals surface area contributed by atoms with E-state index in [0.717, 1.165) is 9.78 Å². The molecule has 8 heteroatoms. The fourth-order valence-electron chi connectivity index (χ4n) is 3.35. The van der Waals surface area contributed by atoms with Gasteiger partial charge in [0.1, 0.15) is 6.04 Å². The molecule has 2 heterocycles. The number of hydrogen-bond donors (Lipinski definition) is 1. The summed E-state index contributed by atoms with van der Waals surface area (Å²) in [5.74, 6) is -0.779. The first-order valence-electron chi connectivity index (χ1n) is 9.30. The summed E-state index contributed by atoms with van der Waals surface area (Å²) in [6.07, 6.45) is -0.137. The highest BCUT2D eigenvalue weighted by atomic mass is 35.5. The second-order valence-electron chi connectivity index (χ2n) is 6.78. The Balaban J connectivity index is 1.60. The molecule has 1 atom stereocenters. The van der Waals surface area contributed by atoms with E-state index in [0.29, 0.717) is 16.4 Å². The second kappa shape index (κ2) is 8.69. The number of urea groups is 1. The van der Waals surface area contributed by atoms with Gasteiger partial charge in [-0.3, -0.25) is 9.59 Å². The zero-order chi connectivity index (χ0) is 21.1. The van der Waals surface area contributed by atoms with Crippen LogP contribution in [0.15, 0.2) is 72.1 Å². The molecule has 2 aromatic carbocycles. The number of rotatable bonds is 6. The molecule has 1 fully saturated rings. The third-order valence-corrected chi connectivity index (χ3v) is 5.82. The Labute approximate surface area is 182 Å². The lowest BCUT2D eigenvalue weighted by atomic mass is 10.1. The number of hydrogen-bond acceptors (Lipinski definition) is 4. The number of imide groups is 1. The smallest absolute Gasteiger partial charge is 0.326 e. The summed E-state index contributed by atoms with van der Waals surface area (Å²) >= 11 is 7.55. The maximum atomic E-state index is 13.2. The maximum absolute atomic E-state index is 13.2. The van der Waals surface area contributed by atoms with Crippen LogP contribution < -0.4 is 10.2 Å². The van der Waals surface area contributed by atoms with Gasteiger partial charge in [0.15, 0.2) is 0 Å². The number of nitrogens with one attached hydrogen (secondary N) is 1. The Hall–Kier alpha value is -3.16. The van der Waals surface area contributed by atoms with Crippen LogP contribution in [0, 0.1) is 0 Å². The van der Waals surface area contributed by atoms with Crippen LogP contribution in [-0.4, -0.2) is 28.8 Å². The normalized spacial score (nSPS) is 16.2. The molecular weight excluding hydrogens is 422 g/mol. The average Bonchev–Trinajstić information content (AvgIpc) is 3.31. The molecule has 4 rings (SSSR count). The summed E-state index contributed by atoms with van der Waals surface area (Å²) < 4.78 is 0. The molecular formula is C22H18ClN3O3S. The van der Waals surface area contributed by atoms with Crippen molar-refractivity contribution in [2.45, 2.75) is 19.0 Å². The molecule has 1 aliphatic heterocycles. The molecule has 6 nitrogen and oxygen atoms in total. The molecule has 0 saturated carbocycles. The van der Waals surface area contributed by atoms with E-state index in [1.54, 1.807) is 36.4 Å². The summed E-state index contributed by atoms with van der Waals surface area (Å²) in [5.41, 5.74) is 1.02. The highest BCUT2D eigenvalue weighted by Gasteiger charge is 2.46. The van der Waals surface area contributed by atoms with Crippen LogP contribution >= 0.6 is 22.9 Å². The Kier molecular flexibility index (Phi) is 5.83. The highest BCUT2D eigenvalue weighted by Crippen LogP contribution is 2.30. The molecule has 30 heavy (non-hydrogen) atoms. The van der Waals surface area contributed by atoms with Gasteiger partial charge in [-0.05, 0) is 41.8 Å². The molecule has 0 unspecified atom stereocenters. The molecule has 0 aliphatic carbocycles. The molecule has 4 amide bonds. The molecule has 0 spiro atoms. The summed E-state index contributed by atoms with van der Waals surface area (Å²) in [6.45, 7) is 0.253. The van der Waals surface area contributed by atoms with E-state index in [4.69, 9.17) is 11.6 Å². The fourth-order valence-corrected chi connectivity index (χ4v) is 4.23. The van der Waals surface area contributed by atoms with Crippen LogP contribution in [0.5, 0.6) is 0 Å². The van der Waals surface area contributed by atoms with Crippen molar-refractivity contribution in [1.29, 1.82) is 0 Å². The van der Waals surface area contributed by atoms with E-state index in [2.05, 4.69) is 5.32 Å². The molecule has 1 aromatic heterocycles. The van der Waals surface area contributed by atoms with Crippen molar-refractivity contribution in [3.63, 3.8) is 0 Å². The zero-order valence-electron chi connectivity index (χ0n) is 15.8. The Morgan fingerprint density at radius 1 is 1.03 bits per heavy atom. The molecule has 152 valence electrons.